The number of hydrogen-bond acceptors (Lipinski definition) is 4. The van der Waals surface area contributed by atoms with Gasteiger partial charge in [0.05, 0.1) is 5.56 Å². The molecule has 5 heteroatoms. The SMILES string of the molecule is CCc1ccc(NC(=O)c2cnc(N3CCCCCC3)nc2)cc1. The molecule has 0 aliphatic carbocycles. The van der Waals surface area contributed by atoms with E-state index in [4.69, 9.17) is 0 Å². The zero-order chi connectivity index (χ0) is 16.8. The number of aryl methyl sites for hydroxylation is 1. The van der Waals surface area contributed by atoms with E-state index in [9.17, 15) is 4.79 Å². The lowest BCUT2D eigenvalue weighted by Gasteiger charge is -2.19. The zero-order valence-corrected chi connectivity index (χ0v) is 14.2. The Labute approximate surface area is 143 Å². The number of carbonyl (C=O) groups excluding carboxylic acids is 1. The molecule has 1 saturated heterocycles. The number of nitrogens with zero attached hydrogens (tertiary/aromatic N) is 3. The van der Waals surface area contributed by atoms with Crippen LogP contribution < -0.4 is 10.2 Å². The Bertz CT molecular complexity index is 659. The Morgan fingerprint density at radius 2 is 1.67 bits per heavy atom. The highest BCUT2D eigenvalue weighted by atomic mass is 16.1. The Morgan fingerprint density at radius 1 is 1.04 bits per heavy atom. The van der Waals surface area contributed by atoms with Crippen LogP contribution in [0.15, 0.2) is 36.7 Å². The predicted molar refractivity (Wildman–Crippen MR) is 96.5 cm³/mol. The lowest BCUT2D eigenvalue weighted by atomic mass is 10.1. The van der Waals surface area contributed by atoms with E-state index < -0.39 is 0 Å². The fourth-order valence-electron chi connectivity index (χ4n) is 2.90. The molecule has 1 N–H and O–H groups in total. The van der Waals surface area contributed by atoms with Crippen molar-refractivity contribution in [3.63, 3.8) is 0 Å². The maximum Gasteiger partial charge on any atom is 0.258 e. The van der Waals surface area contributed by atoms with E-state index in [1.54, 1.807) is 12.4 Å². The van der Waals surface area contributed by atoms with E-state index in [1.165, 1.54) is 31.2 Å². The van der Waals surface area contributed by atoms with E-state index in [2.05, 4.69) is 27.1 Å². The minimum atomic E-state index is -0.179. The molecule has 0 radical (unpaired) electrons. The van der Waals surface area contributed by atoms with Gasteiger partial charge in [0.2, 0.25) is 5.95 Å². The molecule has 0 unspecified atom stereocenters. The number of anilines is 2. The van der Waals surface area contributed by atoms with Gasteiger partial charge < -0.3 is 10.2 Å². The van der Waals surface area contributed by atoms with Crippen LogP contribution in [0.3, 0.4) is 0 Å². The first-order chi connectivity index (χ1) is 11.8. The summed E-state index contributed by atoms with van der Waals surface area (Å²) < 4.78 is 0. The summed E-state index contributed by atoms with van der Waals surface area (Å²) in [5.41, 5.74) is 2.51. The van der Waals surface area contributed by atoms with Crippen LogP contribution in [0.1, 0.15) is 48.5 Å². The molecule has 0 spiro atoms. The molecule has 1 aliphatic rings. The lowest BCUT2D eigenvalue weighted by Crippen LogP contribution is -2.26. The first-order valence-electron chi connectivity index (χ1n) is 8.73. The number of hydrogen-bond donors (Lipinski definition) is 1. The summed E-state index contributed by atoms with van der Waals surface area (Å²) in [4.78, 5) is 23.3. The number of carbonyl (C=O) groups is 1. The number of rotatable bonds is 4. The van der Waals surface area contributed by atoms with Gasteiger partial charge in [-0.05, 0) is 37.0 Å². The van der Waals surface area contributed by atoms with Crippen molar-refractivity contribution in [2.24, 2.45) is 0 Å². The van der Waals surface area contributed by atoms with Gasteiger partial charge in [0.25, 0.3) is 5.91 Å². The second-order valence-electron chi connectivity index (χ2n) is 6.18. The van der Waals surface area contributed by atoms with E-state index in [-0.39, 0.29) is 5.91 Å². The van der Waals surface area contributed by atoms with Crippen molar-refractivity contribution >= 4 is 17.5 Å². The third-order valence-electron chi connectivity index (χ3n) is 4.41. The van der Waals surface area contributed by atoms with Gasteiger partial charge in [0.15, 0.2) is 0 Å². The van der Waals surface area contributed by atoms with Crippen LogP contribution in [0.2, 0.25) is 0 Å². The van der Waals surface area contributed by atoms with E-state index in [0.717, 1.165) is 31.1 Å². The van der Waals surface area contributed by atoms with Gasteiger partial charge in [-0.25, -0.2) is 9.97 Å². The largest absolute Gasteiger partial charge is 0.341 e. The first-order valence-corrected chi connectivity index (χ1v) is 8.73. The van der Waals surface area contributed by atoms with Crippen LogP contribution in [-0.2, 0) is 6.42 Å². The van der Waals surface area contributed by atoms with Crippen molar-refractivity contribution in [2.45, 2.75) is 39.0 Å². The van der Waals surface area contributed by atoms with Crippen molar-refractivity contribution in [1.29, 1.82) is 0 Å². The molecule has 1 amide bonds. The molecular weight excluding hydrogens is 300 g/mol. The number of benzene rings is 1. The van der Waals surface area contributed by atoms with Crippen molar-refractivity contribution < 1.29 is 4.79 Å². The van der Waals surface area contributed by atoms with E-state index >= 15 is 0 Å². The van der Waals surface area contributed by atoms with Gasteiger partial charge in [-0.2, -0.15) is 0 Å². The third kappa shape index (κ3) is 4.10. The molecule has 2 heterocycles. The van der Waals surface area contributed by atoms with Crippen molar-refractivity contribution in [2.75, 3.05) is 23.3 Å². The summed E-state index contributed by atoms with van der Waals surface area (Å²) in [6, 6.07) is 7.88. The quantitative estimate of drug-likeness (QED) is 0.932. The van der Waals surface area contributed by atoms with Crippen LogP contribution in [0, 0.1) is 0 Å². The molecule has 1 aliphatic heterocycles. The molecule has 3 rings (SSSR count). The van der Waals surface area contributed by atoms with Crippen LogP contribution in [-0.4, -0.2) is 29.0 Å². The summed E-state index contributed by atoms with van der Waals surface area (Å²) in [5.74, 6) is 0.544. The summed E-state index contributed by atoms with van der Waals surface area (Å²) in [6.07, 6.45) is 9.12. The van der Waals surface area contributed by atoms with Gasteiger partial charge in [0.1, 0.15) is 0 Å². The maximum atomic E-state index is 12.3. The second-order valence-corrected chi connectivity index (χ2v) is 6.18. The highest BCUT2D eigenvalue weighted by Crippen LogP contribution is 2.16. The van der Waals surface area contributed by atoms with Crippen LogP contribution in [0.4, 0.5) is 11.6 Å². The standard InChI is InChI=1S/C19H24N4O/c1-2-15-7-9-17(10-8-15)22-18(24)16-13-20-19(21-14-16)23-11-5-3-4-6-12-23/h7-10,13-14H,2-6,11-12H2,1H3,(H,22,24). The smallest absolute Gasteiger partial charge is 0.258 e. The van der Waals surface area contributed by atoms with Crippen molar-refractivity contribution in [3.05, 3.63) is 47.8 Å². The highest BCUT2D eigenvalue weighted by molar-refractivity contribution is 6.03. The molecule has 1 aromatic carbocycles. The van der Waals surface area contributed by atoms with Gasteiger partial charge in [-0.3, -0.25) is 4.79 Å². The number of aromatic nitrogens is 2. The average molecular weight is 324 g/mol. The van der Waals surface area contributed by atoms with Crippen molar-refractivity contribution in [3.8, 4) is 0 Å². The molecule has 1 fully saturated rings. The molecule has 1 aromatic heterocycles. The Balaban J connectivity index is 1.64. The number of nitrogens with one attached hydrogen (secondary N) is 1. The topological polar surface area (TPSA) is 58.1 Å². The Hall–Kier alpha value is -2.43. The molecule has 24 heavy (non-hydrogen) atoms. The maximum absolute atomic E-state index is 12.3. The van der Waals surface area contributed by atoms with Gasteiger partial charge in [-0.15, -0.1) is 0 Å². The monoisotopic (exact) mass is 324 g/mol. The normalized spacial score (nSPS) is 15.0. The fourth-order valence-corrected chi connectivity index (χ4v) is 2.90. The Morgan fingerprint density at radius 3 is 2.25 bits per heavy atom. The number of amides is 1. The Kier molecular flexibility index (Phi) is 5.41. The second kappa shape index (κ2) is 7.90. The summed E-state index contributed by atoms with van der Waals surface area (Å²) >= 11 is 0. The molecule has 126 valence electrons. The van der Waals surface area contributed by atoms with Crippen LogP contribution >= 0.6 is 0 Å². The molecular formula is C19H24N4O. The molecule has 0 saturated carbocycles. The highest BCUT2D eigenvalue weighted by Gasteiger charge is 2.13. The lowest BCUT2D eigenvalue weighted by molar-refractivity contribution is 0.102. The zero-order valence-electron chi connectivity index (χ0n) is 14.2. The minimum absolute atomic E-state index is 0.179. The minimum Gasteiger partial charge on any atom is -0.341 e. The van der Waals surface area contributed by atoms with Crippen molar-refractivity contribution in [1.82, 2.24) is 9.97 Å². The average Bonchev–Trinajstić information content (AvgIpc) is 2.92. The van der Waals surface area contributed by atoms with E-state index in [0.29, 0.717) is 5.56 Å². The van der Waals surface area contributed by atoms with Gasteiger partial charge >= 0.3 is 0 Å². The first kappa shape index (κ1) is 16.4. The summed E-state index contributed by atoms with van der Waals surface area (Å²) in [5, 5.41) is 2.89. The van der Waals surface area contributed by atoms with Gasteiger partial charge in [-0.1, -0.05) is 31.9 Å². The molecule has 5 nitrogen and oxygen atoms in total. The molecule has 0 bridgehead atoms. The van der Waals surface area contributed by atoms with E-state index in [1.807, 2.05) is 24.3 Å². The molecule has 2 aromatic rings. The predicted octanol–water partition coefficient (Wildman–Crippen LogP) is 3.67. The van der Waals surface area contributed by atoms with Crippen LogP contribution in [0.5, 0.6) is 0 Å². The third-order valence-corrected chi connectivity index (χ3v) is 4.41. The molecule has 0 atom stereocenters. The summed E-state index contributed by atoms with van der Waals surface area (Å²) in [6.45, 7) is 4.10. The van der Waals surface area contributed by atoms with Gasteiger partial charge in [0, 0.05) is 31.2 Å². The fraction of sp³-hybridized carbons (Fsp3) is 0.421. The van der Waals surface area contributed by atoms with Crippen LogP contribution in [0.25, 0.3) is 0 Å². The summed E-state index contributed by atoms with van der Waals surface area (Å²) in [7, 11) is 0.